The fraction of sp³-hybridized carbons (Fsp3) is 0.525. The Labute approximate surface area is 282 Å². The van der Waals surface area contributed by atoms with E-state index in [1.807, 2.05) is 48.5 Å². The zero-order chi connectivity index (χ0) is 33.4. The van der Waals surface area contributed by atoms with Gasteiger partial charge in [-0.05, 0) is 106 Å². The summed E-state index contributed by atoms with van der Waals surface area (Å²) in [5.74, 6) is 1.08. The molecule has 3 aromatic rings. The molecule has 3 aromatic carbocycles. The summed E-state index contributed by atoms with van der Waals surface area (Å²) in [4.78, 5) is 12.8. The van der Waals surface area contributed by atoms with Crippen LogP contribution in [-0.2, 0) is 10.5 Å². The molecule has 0 radical (unpaired) electrons. The number of carbonyl (C=O) groups excluding carboxylic acids is 1. The summed E-state index contributed by atoms with van der Waals surface area (Å²) in [5, 5.41) is 0. The summed E-state index contributed by atoms with van der Waals surface area (Å²) in [6, 6.07) is 24.7. The van der Waals surface area contributed by atoms with Crippen LogP contribution in [0.1, 0.15) is 100 Å². The van der Waals surface area contributed by atoms with Crippen molar-refractivity contribution in [1.29, 1.82) is 0 Å². The van der Waals surface area contributed by atoms with Crippen molar-refractivity contribution in [3.8, 4) is 22.6 Å². The molecule has 3 rings (SSSR count). The Kier molecular flexibility index (Phi) is 15.8. The predicted octanol–water partition coefficient (Wildman–Crippen LogP) is 12.3. The molecular weight excluding hydrogens is 601 g/mol. The van der Waals surface area contributed by atoms with Crippen LogP contribution in [0.5, 0.6) is 11.5 Å². The number of unbranched alkanes of at least 4 members (excludes halogenated alkanes) is 10. The highest BCUT2D eigenvalue weighted by Gasteiger charge is 2.31. The van der Waals surface area contributed by atoms with Gasteiger partial charge >= 0.3 is 5.97 Å². The molecule has 0 N–H and O–H groups in total. The minimum Gasteiger partial charge on any atom is -0.491 e. The number of benzene rings is 3. The maximum absolute atomic E-state index is 12.8. The molecule has 1 atom stereocenters. The molecule has 0 spiro atoms. The van der Waals surface area contributed by atoms with Crippen LogP contribution >= 0.6 is 0 Å². The number of carbonyl (C=O) groups is 1. The van der Waals surface area contributed by atoms with E-state index in [0.29, 0.717) is 11.3 Å². The van der Waals surface area contributed by atoms with E-state index in [1.54, 1.807) is 0 Å². The molecule has 0 saturated heterocycles. The molecule has 0 amide bonds. The van der Waals surface area contributed by atoms with Crippen LogP contribution in [0.4, 0.5) is 0 Å². The molecule has 46 heavy (non-hydrogen) atoms. The second-order valence-electron chi connectivity index (χ2n) is 14.5. The van der Waals surface area contributed by atoms with Crippen LogP contribution in [0.25, 0.3) is 11.1 Å². The molecule has 0 fully saturated rings. The molecule has 1 unspecified atom stereocenters. The molecule has 252 valence electrons. The summed E-state index contributed by atoms with van der Waals surface area (Å²) in [5.41, 5.74) is 4.01. The van der Waals surface area contributed by atoms with E-state index >= 15 is 0 Å². The first kappa shape index (κ1) is 37.8. The van der Waals surface area contributed by atoms with E-state index in [4.69, 9.17) is 13.6 Å². The van der Waals surface area contributed by atoms with Gasteiger partial charge in [0.2, 0.25) is 0 Å². The molecule has 0 saturated carbocycles. The van der Waals surface area contributed by atoms with Gasteiger partial charge in [0, 0.05) is 6.04 Å². The Hall–Kier alpha value is -2.68. The first-order chi connectivity index (χ1) is 21.9. The third kappa shape index (κ3) is 14.8. The minimum absolute atomic E-state index is 0.100. The quantitative estimate of drug-likeness (QED) is 0.0493. The monoisotopic (exact) mass is 660 g/mol. The van der Waals surface area contributed by atoms with Crippen LogP contribution in [0.3, 0.4) is 0 Å². The fourth-order valence-electron chi connectivity index (χ4n) is 6.24. The van der Waals surface area contributed by atoms with Crippen molar-refractivity contribution in [2.24, 2.45) is 0 Å². The lowest BCUT2D eigenvalue weighted by atomic mass is 10.0. The van der Waals surface area contributed by atoms with Crippen molar-refractivity contribution in [3.05, 3.63) is 83.9 Å². The summed E-state index contributed by atoms with van der Waals surface area (Å²) < 4.78 is 18.4. The highest BCUT2D eigenvalue weighted by Crippen LogP contribution is 2.27. The molecule has 4 nitrogen and oxygen atoms in total. The van der Waals surface area contributed by atoms with Crippen LogP contribution in [0, 0.1) is 0 Å². The predicted molar refractivity (Wildman–Crippen MR) is 200 cm³/mol. The van der Waals surface area contributed by atoms with Gasteiger partial charge in [-0.3, -0.25) is 0 Å². The molecule has 6 heteroatoms. The van der Waals surface area contributed by atoms with E-state index in [2.05, 4.69) is 70.8 Å². The number of rotatable bonds is 21. The Morgan fingerprint density at radius 2 is 1.11 bits per heavy atom. The average Bonchev–Trinajstić information content (AvgIpc) is 2.99. The van der Waals surface area contributed by atoms with Crippen molar-refractivity contribution in [1.82, 2.24) is 0 Å². The Bertz CT molecular complexity index is 1280. The Morgan fingerprint density at radius 3 is 1.61 bits per heavy atom. The summed E-state index contributed by atoms with van der Waals surface area (Å²) in [6.45, 7) is 15.7. The molecule has 0 aliphatic carbocycles. The van der Waals surface area contributed by atoms with Crippen LogP contribution in [-0.4, -0.2) is 28.7 Å². The standard InChI is InChI=1S/C40H60O4Si2/c1-8-9-10-11-12-13-14-15-16-17-18-19-34-20-22-37(23-21-34)40(41)43-39-30-26-36(27-31-39)35-24-28-38(29-25-35)42-33(2)32-46(6,7)44-45(3,4)5/h20-31,33H,8-19,32H2,1-7H3. The van der Waals surface area contributed by atoms with Crippen LogP contribution in [0.15, 0.2) is 72.8 Å². The van der Waals surface area contributed by atoms with Crippen molar-refractivity contribution in [3.63, 3.8) is 0 Å². The third-order valence-corrected chi connectivity index (χ3v) is 14.4. The van der Waals surface area contributed by atoms with Crippen LogP contribution < -0.4 is 9.47 Å². The van der Waals surface area contributed by atoms with Crippen molar-refractivity contribution >= 4 is 22.6 Å². The average molecular weight is 661 g/mol. The van der Waals surface area contributed by atoms with Gasteiger partial charge in [-0.2, -0.15) is 0 Å². The van der Waals surface area contributed by atoms with Gasteiger partial charge in [-0.25, -0.2) is 4.79 Å². The first-order valence-corrected chi connectivity index (χ1v) is 24.3. The third-order valence-electron chi connectivity index (χ3n) is 8.21. The normalized spacial score (nSPS) is 12.6. The van der Waals surface area contributed by atoms with Gasteiger partial charge < -0.3 is 13.6 Å². The van der Waals surface area contributed by atoms with Crippen molar-refractivity contribution in [2.45, 2.75) is 136 Å². The molecule has 0 aromatic heterocycles. The maximum atomic E-state index is 12.8. The Balaban J connectivity index is 1.38. The van der Waals surface area contributed by atoms with Gasteiger partial charge in [-0.15, -0.1) is 0 Å². The van der Waals surface area contributed by atoms with Gasteiger partial charge in [0.1, 0.15) is 11.5 Å². The molecular formula is C40H60O4Si2. The number of ether oxygens (including phenoxy) is 2. The fourth-order valence-corrected chi connectivity index (χ4v) is 14.7. The lowest BCUT2D eigenvalue weighted by Gasteiger charge is -2.33. The number of esters is 1. The second-order valence-corrected chi connectivity index (χ2v) is 23.5. The smallest absolute Gasteiger partial charge is 0.343 e. The number of aryl methyl sites for hydroxylation is 1. The van der Waals surface area contributed by atoms with E-state index in [9.17, 15) is 4.79 Å². The van der Waals surface area contributed by atoms with Crippen molar-refractivity contribution in [2.75, 3.05) is 0 Å². The summed E-state index contributed by atoms with van der Waals surface area (Å²) in [7, 11) is -3.34. The van der Waals surface area contributed by atoms with E-state index in [1.165, 1.54) is 76.2 Å². The number of hydrogen-bond acceptors (Lipinski definition) is 4. The largest absolute Gasteiger partial charge is 0.491 e. The minimum atomic E-state index is -1.77. The Morgan fingerprint density at radius 1 is 0.630 bits per heavy atom. The van der Waals surface area contributed by atoms with Gasteiger partial charge in [-0.1, -0.05) is 108 Å². The summed E-state index contributed by atoms with van der Waals surface area (Å²) >= 11 is 0. The highest BCUT2D eigenvalue weighted by molar-refractivity contribution is 6.84. The SMILES string of the molecule is CCCCCCCCCCCCCc1ccc(C(=O)Oc2ccc(-c3ccc(OC(C)C[Si](C)(C)O[Si](C)(C)C)cc3)cc2)cc1. The van der Waals surface area contributed by atoms with Crippen LogP contribution in [0.2, 0.25) is 38.8 Å². The highest BCUT2D eigenvalue weighted by atomic mass is 28.4. The lowest BCUT2D eigenvalue weighted by molar-refractivity contribution is 0.0734. The lowest BCUT2D eigenvalue weighted by Crippen LogP contribution is -2.44. The van der Waals surface area contributed by atoms with Gasteiger partial charge in [0.25, 0.3) is 0 Å². The van der Waals surface area contributed by atoms with Crippen molar-refractivity contribution < 1.29 is 18.4 Å². The van der Waals surface area contributed by atoms with E-state index < -0.39 is 16.6 Å². The number of hydrogen-bond donors (Lipinski definition) is 0. The van der Waals surface area contributed by atoms with E-state index in [-0.39, 0.29) is 12.1 Å². The zero-order valence-electron chi connectivity index (χ0n) is 29.8. The molecule has 0 aliphatic heterocycles. The maximum Gasteiger partial charge on any atom is 0.343 e. The second kappa shape index (κ2) is 19.2. The van der Waals surface area contributed by atoms with Gasteiger partial charge in [0.05, 0.1) is 11.7 Å². The molecule has 0 heterocycles. The molecule has 0 bridgehead atoms. The summed E-state index contributed by atoms with van der Waals surface area (Å²) in [6.07, 6.45) is 16.0. The molecule has 0 aliphatic rings. The first-order valence-electron chi connectivity index (χ1n) is 17.8. The topological polar surface area (TPSA) is 44.8 Å². The van der Waals surface area contributed by atoms with Gasteiger partial charge in [0.15, 0.2) is 16.6 Å². The van der Waals surface area contributed by atoms with E-state index in [0.717, 1.165) is 29.3 Å². The zero-order valence-corrected chi connectivity index (χ0v) is 31.8.